The molecule has 1 aliphatic rings. The number of rotatable bonds is 4. The summed E-state index contributed by atoms with van der Waals surface area (Å²) in [5.41, 5.74) is 1.49. The zero-order valence-corrected chi connectivity index (χ0v) is 18.7. The first-order chi connectivity index (χ1) is 13.2. The SMILES string of the molecule is Cc1ccc(C=C(CNC(=O)OC(C)(C)C)B2OC(C)(C)C(C)(C)O2)cc1C#N. The molecule has 1 heterocycles. The molecule has 0 aromatic heterocycles. The number of hydrogen-bond donors (Lipinski definition) is 1. The van der Waals surface area contributed by atoms with E-state index in [1.54, 1.807) is 0 Å². The summed E-state index contributed by atoms with van der Waals surface area (Å²) in [6, 6.07) is 7.83. The average Bonchev–Trinajstić information content (AvgIpc) is 2.79. The van der Waals surface area contributed by atoms with Crippen molar-refractivity contribution in [2.75, 3.05) is 6.54 Å². The molecule has 1 amide bonds. The maximum absolute atomic E-state index is 12.1. The second kappa shape index (κ2) is 8.21. The van der Waals surface area contributed by atoms with Crippen LogP contribution in [0.15, 0.2) is 23.7 Å². The average molecular weight is 398 g/mol. The molecule has 29 heavy (non-hydrogen) atoms. The number of benzene rings is 1. The van der Waals surface area contributed by atoms with Gasteiger partial charge in [0.2, 0.25) is 0 Å². The first-order valence-electron chi connectivity index (χ1n) is 9.78. The van der Waals surface area contributed by atoms with Crippen molar-refractivity contribution in [2.45, 2.75) is 72.2 Å². The zero-order chi connectivity index (χ0) is 22.0. The van der Waals surface area contributed by atoms with Crippen molar-refractivity contribution >= 4 is 19.3 Å². The molecular formula is C22H31BN2O4. The summed E-state index contributed by atoms with van der Waals surface area (Å²) < 4.78 is 17.7. The number of hydrogen-bond acceptors (Lipinski definition) is 5. The van der Waals surface area contributed by atoms with Gasteiger partial charge < -0.3 is 19.4 Å². The normalized spacial score (nSPS) is 18.3. The Morgan fingerprint density at radius 1 is 1.24 bits per heavy atom. The van der Waals surface area contributed by atoms with Crippen LogP contribution in [-0.2, 0) is 14.0 Å². The Morgan fingerprint density at radius 3 is 2.34 bits per heavy atom. The van der Waals surface area contributed by atoms with Gasteiger partial charge in [0.05, 0.1) is 22.8 Å². The van der Waals surface area contributed by atoms with E-state index in [1.807, 2.05) is 79.7 Å². The highest BCUT2D eigenvalue weighted by molar-refractivity contribution is 6.56. The van der Waals surface area contributed by atoms with Gasteiger partial charge in [-0.15, -0.1) is 0 Å². The summed E-state index contributed by atoms with van der Waals surface area (Å²) in [7, 11) is -0.623. The minimum Gasteiger partial charge on any atom is -0.444 e. The van der Waals surface area contributed by atoms with Gasteiger partial charge in [-0.2, -0.15) is 5.26 Å². The van der Waals surface area contributed by atoms with Gasteiger partial charge in [-0.25, -0.2) is 4.79 Å². The van der Waals surface area contributed by atoms with Crippen LogP contribution in [0.4, 0.5) is 4.79 Å². The molecule has 1 fully saturated rings. The lowest BCUT2D eigenvalue weighted by Crippen LogP contribution is -2.41. The van der Waals surface area contributed by atoms with Crippen molar-refractivity contribution in [2.24, 2.45) is 0 Å². The fourth-order valence-corrected chi connectivity index (χ4v) is 2.75. The van der Waals surface area contributed by atoms with Gasteiger partial charge in [-0.3, -0.25) is 0 Å². The number of amides is 1. The lowest BCUT2D eigenvalue weighted by Gasteiger charge is -2.32. The van der Waals surface area contributed by atoms with Crippen LogP contribution in [0.3, 0.4) is 0 Å². The van der Waals surface area contributed by atoms with E-state index >= 15 is 0 Å². The molecule has 0 unspecified atom stereocenters. The molecule has 7 heteroatoms. The second-order valence-electron chi connectivity index (χ2n) is 9.35. The monoisotopic (exact) mass is 398 g/mol. The van der Waals surface area contributed by atoms with E-state index in [9.17, 15) is 10.1 Å². The highest BCUT2D eigenvalue weighted by atomic mass is 16.7. The highest BCUT2D eigenvalue weighted by Crippen LogP contribution is 2.38. The van der Waals surface area contributed by atoms with Gasteiger partial charge in [0.25, 0.3) is 0 Å². The van der Waals surface area contributed by atoms with Crippen molar-refractivity contribution in [3.05, 3.63) is 40.4 Å². The minimum atomic E-state index is -0.623. The van der Waals surface area contributed by atoms with Crippen LogP contribution in [0, 0.1) is 18.3 Å². The van der Waals surface area contributed by atoms with Crippen molar-refractivity contribution in [1.29, 1.82) is 5.26 Å². The predicted octanol–water partition coefficient (Wildman–Crippen LogP) is 4.41. The molecule has 1 aromatic rings. The lowest BCUT2D eigenvalue weighted by molar-refractivity contribution is 0.00578. The standard InChI is InChI=1S/C22H31BN2O4/c1-15-9-10-16(11-17(15)13-24)12-18(14-25-19(26)27-20(2,3)4)23-28-21(5,6)22(7,8)29-23/h9-12H,14H2,1-8H3,(H,25,26). The number of nitrogens with one attached hydrogen (secondary N) is 1. The summed E-state index contributed by atoms with van der Waals surface area (Å²) in [5.74, 6) is 0. The van der Waals surface area contributed by atoms with Crippen LogP contribution in [0.5, 0.6) is 0 Å². The third-order valence-electron chi connectivity index (χ3n) is 5.13. The number of nitrogens with zero attached hydrogens (tertiary/aromatic N) is 1. The second-order valence-corrected chi connectivity index (χ2v) is 9.35. The van der Waals surface area contributed by atoms with Crippen molar-refractivity contribution in [3.63, 3.8) is 0 Å². The first-order valence-corrected chi connectivity index (χ1v) is 9.78. The zero-order valence-electron chi connectivity index (χ0n) is 18.7. The van der Waals surface area contributed by atoms with Gasteiger partial charge in [-0.1, -0.05) is 18.2 Å². The molecule has 1 aliphatic heterocycles. The lowest BCUT2D eigenvalue weighted by atomic mass is 9.77. The Morgan fingerprint density at radius 2 is 1.83 bits per heavy atom. The van der Waals surface area contributed by atoms with E-state index in [0.29, 0.717) is 5.56 Å². The van der Waals surface area contributed by atoms with Crippen LogP contribution in [-0.4, -0.2) is 36.6 Å². The molecule has 0 saturated carbocycles. The van der Waals surface area contributed by atoms with E-state index in [-0.39, 0.29) is 6.54 Å². The van der Waals surface area contributed by atoms with Gasteiger partial charge >= 0.3 is 13.2 Å². The molecule has 0 atom stereocenters. The van der Waals surface area contributed by atoms with Crippen molar-refractivity contribution in [3.8, 4) is 6.07 Å². The molecule has 0 bridgehead atoms. The van der Waals surface area contributed by atoms with E-state index in [1.165, 1.54) is 0 Å². The Balaban J connectivity index is 2.31. The first kappa shape index (κ1) is 23.0. The molecule has 2 rings (SSSR count). The molecule has 1 saturated heterocycles. The van der Waals surface area contributed by atoms with E-state index in [0.717, 1.165) is 16.6 Å². The number of alkyl carbamates (subject to hydrolysis) is 1. The largest absolute Gasteiger partial charge is 0.492 e. The van der Waals surface area contributed by atoms with E-state index in [2.05, 4.69) is 11.4 Å². The summed E-state index contributed by atoms with van der Waals surface area (Å²) in [4.78, 5) is 12.1. The molecular weight excluding hydrogens is 367 g/mol. The Bertz CT molecular complexity index is 831. The number of aryl methyl sites for hydroxylation is 1. The fourth-order valence-electron chi connectivity index (χ4n) is 2.75. The van der Waals surface area contributed by atoms with Crippen LogP contribution in [0.25, 0.3) is 6.08 Å². The predicted molar refractivity (Wildman–Crippen MR) is 114 cm³/mol. The number of ether oxygens (including phenoxy) is 1. The third kappa shape index (κ3) is 5.85. The van der Waals surface area contributed by atoms with Gasteiger partial charge in [-0.05, 0) is 78.1 Å². The smallest absolute Gasteiger partial charge is 0.444 e. The van der Waals surface area contributed by atoms with Gasteiger partial charge in [0.15, 0.2) is 0 Å². The molecule has 6 nitrogen and oxygen atoms in total. The number of carbonyl (C=O) groups is 1. The van der Waals surface area contributed by atoms with Crippen LogP contribution >= 0.6 is 0 Å². The van der Waals surface area contributed by atoms with Crippen LogP contribution < -0.4 is 5.32 Å². The molecule has 0 spiro atoms. The minimum absolute atomic E-state index is 0.196. The van der Waals surface area contributed by atoms with Gasteiger partial charge in [0.1, 0.15) is 5.60 Å². The topological polar surface area (TPSA) is 80.6 Å². The Kier molecular flexibility index (Phi) is 6.51. The number of carbonyl (C=O) groups excluding carboxylic acids is 1. The van der Waals surface area contributed by atoms with Crippen LogP contribution in [0.1, 0.15) is 65.2 Å². The maximum Gasteiger partial charge on any atom is 0.492 e. The maximum atomic E-state index is 12.1. The summed E-state index contributed by atoms with van der Waals surface area (Å²) >= 11 is 0. The fraction of sp³-hybridized carbons (Fsp3) is 0.545. The summed E-state index contributed by atoms with van der Waals surface area (Å²) in [6.07, 6.45) is 1.38. The molecule has 1 N–H and O–H groups in total. The third-order valence-corrected chi connectivity index (χ3v) is 5.13. The van der Waals surface area contributed by atoms with Crippen molar-refractivity contribution in [1.82, 2.24) is 5.32 Å². The molecule has 1 aromatic carbocycles. The van der Waals surface area contributed by atoms with Crippen molar-refractivity contribution < 1.29 is 18.8 Å². The molecule has 0 radical (unpaired) electrons. The number of nitriles is 1. The quantitative estimate of drug-likeness (QED) is 0.760. The highest BCUT2D eigenvalue weighted by Gasteiger charge is 2.52. The van der Waals surface area contributed by atoms with Crippen LogP contribution in [0.2, 0.25) is 0 Å². The van der Waals surface area contributed by atoms with E-state index < -0.39 is 30.0 Å². The molecule has 156 valence electrons. The van der Waals surface area contributed by atoms with E-state index in [4.69, 9.17) is 14.0 Å². The Hall–Kier alpha value is -2.30. The molecule has 0 aliphatic carbocycles. The summed E-state index contributed by atoms with van der Waals surface area (Å²) in [5, 5.41) is 12.1. The Labute approximate surface area is 174 Å². The summed E-state index contributed by atoms with van der Waals surface area (Å²) in [6.45, 7) is 15.4. The van der Waals surface area contributed by atoms with Gasteiger partial charge in [0, 0.05) is 6.54 Å².